The molecule has 1 aliphatic carbocycles. The Hall–Kier alpha value is -1.39. The molecule has 4 heteroatoms. The molecule has 1 aliphatic rings. The quantitative estimate of drug-likeness (QED) is 0.666. The van der Waals surface area contributed by atoms with E-state index in [0.29, 0.717) is 6.54 Å². The molecule has 2 rings (SSSR count). The number of aliphatic hydroxyl groups is 1. The van der Waals surface area contributed by atoms with Crippen molar-refractivity contribution in [3.63, 3.8) is 0 Å². The molecule has 0 amide bonds. The molecule has 1 saturated carbocycles. The Kier molecular flexibility index (Phi) is 4.56. The first kappa shape index (κ1) is 14.0. The molecular formula is C15H21NO3. The molecule has 19 heavy (non-hydrogen) atoms. The second-order valence-electron chi connectivity index (χ2n) is 5.42. The summed E-state index contributed by atoms with van der Waals surface area (Å²) in [5, 5.41) is 21.3. The Morgan fingerprint density at radius 1 is 1.26 bits per heavy atom. The molecule has 1 aromatic rings. The number of carbonyl (C=O) groups is 1. The van der Waals surface area contributed by atoms with Gasteiger partial charge in [0, 0.05) is 19.7 Å². The van der Waals surface area contributed by atoms with Crippen LogP contribution >= 0.6 is 0 Å². The number of carboxylic acid groups (broad SMARTS) is 1. The normalized spacial score (nSPS) is 16.3. The molecule has 0 spiro atoms. The van der Waals surface area contributed by atoms with Gasteiger partial charge in [0.05, 0.1) is 6.42 Å². The molecule has 0 unspecified atom stereocenters. The summed E-state index contributed by atoms with van der Waals surface area (Å²) in [6, 6.07) is 7.64. The van der Waals surface area contributed by atoms with Gasteiger partial charge in [-0.25, -0.2) is 0 Å². The minimum absolute atomic E-state index is 0.0691. The fraction of sp³-hybridized carbons (Fsp3) is 0.533. The molecule has 3 N–H and O–H groups in total. The number of nitrogens with one attached hydrogen (secondary N) is 1. The van der Waals surface area contributed by atoms with Gasteiger partial charge in [0.25, 0.3) is 0 Å². The predicted molar refractivity (Wildman–Crippen MR) is 72.9 cm³/mol. The Morgan fingerprint density at radius 2 is 1.95 bits per heavy atom. The third-order valence-electron chi connectivity index (χ3n) is 3.87. The molecule has 0 atom stereocenters. The van der Waals surface area contributed by atoms with E-state index >= 15 is 0 Å². The summed E-state index contributed by atoms with van der Waals surface area (Å²) in [5.74, 6) is -0.800. The van der Waals surface area contributed by atoms with Gasteiger partial charge in [0.2, 0.25) is 0 Å². The Labute approximate surface area is 113 Å². The zero-order chi connectivity index (χ0) is 13.7. The summed E-state index contributed by atoms with van der Waals surface area (Å²) >= 11 is 0. The largest absolute Gasteiger partial charge is 0.481 e. The number of hydrogen-bond acceptors (Lipinski definition) is 3. The summed E-state index contributed by atoms with van der Waals surface area (Å²) in [5.41, 5.74) is 2.20. The van der Waals surface area contributed by atoms with Crippen LogP contribution in [0.5, 0.6) is 0 Å². The minimum atomic E-state index is -0.800. The van der Waals surface area contributed by atoms with Crippen LogP contribution in [0.1, 0.15) is 30.4 Å². The molecular weight excluding hydrogens is 242 g/mol. The SMILES string of the molecule is O=C(O)Cc1ccccc1CNCC1(CCO)CC1. The maximum absolute atomic E-state index is 10.8. The van der Waals surface area contributed by atoms with Crippen molar-refractivity contribution >= 4 is 5.97 Å². The van der Waals surface area contributed by atoms with E-state index in [9.17, 15) is 4.79 Å². The summed E-state index contributed by atoms with van der Waals surface area (Å²) < 4.78 is 0. The maximum atomic E-state index is 10.8. The van der Waals surface area contributed by atoms with Gasteiger partial charge < -0.3 is 15.5 Å². The van der Waals surface area contributed by atoms with Crippen LogP contribution in [0.4, 0.5) is 0 Å². The van der Waals surface area contributed by atoms with Crippen LogP contribution in [0.3, 0.4) is 0 Å². The van der Waals surface area contributed by atoms with E-state index in [1.54, 1.807) is 0 Å². The zero-order valence-electron chi connectivity index (χ0n) is 11.1. The highest BCUT2D eigenvalue weighted by Crippen LogP contribution is 2.47. The molecule has 0 heterocycles. The lowest BCUT2D eigenvalue weighted by Gasteiger charge is -2.15. The van der Waals surface area contributed by atoms with Crippen molar-refractivity contribution in [1.82, 2.24) is 5.32 Å². The van der Waals surface area contributed by atoms with E-state index in [2.05, 4.69) is 5.32 Å². The van der Waals surface area contributed by atoms with E-state index in [-0.39, 0.29) is 18.4 Å². The van der Waals surface area contributed by atoms with Crippen molar-refractivity contribution in [3.8, 4) is 0 Å². The monoisotopic (exact) mass is 263 g/mol. The van der Waals surface area contributed by atoms with Gasteiger partial charge in [0.15, 0.2) is 0 Å². The lowest BCUT2D eigenvalue weighted by atomic mass is 10.0. The molecule has 1 fully saturated rings. The Balaban J connectivity index is 1.87. The second kappa shape index (κ2) is 6.17. The van der Waals surface area contributed by atoms with Crippen molar-refractivity contribution in [2.75, 3.05) is 13.2 Å². The van der Waals surface area contributed by atoms with Crippen LogP contribution in [0.25, 0.3) is 0 Å². The van der Waals surface area contributed by atoms with Gasteiger partial charge in [-0.1, -0.05) is 24.3 Å². The van der Waals surface area contributed by atoms with Crippen molar-refractivity contribution in [2.45, 2.75) is 32.2 Å². The second-order valence-corrected chi connectivity index (χ2v) is 5.42. The fourth-order valence-electron chi connectivity index (χ4n) is 2.46. The van der Waals surface area contributed by atoms with Crippen LogP contribution < -0.4 is 5.32 Å². The van der Waals surface area contributed by atoms with Crippen molar-refractivity contribution in [3.05, 3.63) is 35.4 Å². The van der Waals surface area contributed by atoms with Crippen LogP contribution in [-0.4, -0.2) is 29.3 Å². The zero-order valence-corrected chi connectivity index (χ0v) is 11.1. The number of aliphatic hydroxyl groups excluding tert-OH is 1. The lowest BCUT2D eigenvalue weighted by Crippen LogP contribution is -2.25. The lowest BCUT2D eigenvalue weighted by molar-refractivity contribution is -0.136. The topological polar surface area (TPSA) is 69.6 Å². The van der Waals surface area contributed by atoms with Crippen molar-refractivity contribution in [2.24, 2.45) is 5.41 Å². The Morgan fingerprint density at radius 3 is 2.53 bits per heavy atom. The van der Waals surface area contributed by atoms with Crippen LogP contribution in [0.2, 0.25) is 0 Å². The highest BCUT2D eigenvalue weighted by molar-refractivity contribution is 5.70. The van der Waals surface area contributed by atoms with Gasteiger partial charge in [0.1, 0.15) is 0 Å². The molecule has 0 saturated heterocycles. The molecule has 0 aliphatic heterocycles. The van der Waals surface area contributed by atoms with E-state index in [4.69, 9.17) is 10.2 Å². The molecule has 1 aromatic carbocycles. The van der Waals surface area contributed by atoms with Gasteiger partial charge in [-0.2, -0.15) is 0 Å². The Bertz CT molecular complexity index is 441. The highest BCUT2D eigenvalue weighted by atomic mass is 16.4. The van der Waals surface area contributed by atoms with Gasteiger partial charge in [-0.05, 0) is 35.8 Å². The summed E-state index contributed by atoms with van der Waals surface area (Å²) in [7, 11) is 0. The van der Waals surface area contributed by atoms with Crippen molar-refractivity contribution < 1.29 is 15.0 Å². The van der Waals surface area contributed by atoms with E-state index < -0.39 is 5.97 Å². The van der Waals surface area contributed by atoms with Crippen LogP contribution in [0.15, 0.2) is 24.3 Å². The first-order valence-corrected chi connectivity index (χ1v) is 6.75. The third-order valence-corrected chi connectivity index (χ3v) is 3.87. The summed E-state index contributed by atoms with van der Waals surface area (Å²) in [4.78, 5) is 10.8. The molecule has 0 aromatic heterocycles. The smallest absolute Gasteiger partial charge is 0.307 e. The van der Waals surface area contributed by atoms with Gasteiger partial charge in [-0.3, -0.25) is 4.79 Å². The number of hydrogen-bond donors (Lipinski definition) is 3. The molecule has 4 nitrogen and oxygen atoms in total. The van der Waals surface area contributed by atoms with E-state index in [1.165, 1.54) is 12.8 Å². The molecule has 104 valence electrons. The van der Waals surface area contributed by atoms with Crippen LogP contribution in [0, 0.1) is 5.41 Å². The molecule has 0 radical (unpaired) electrons. The number of rotatable bonds is 8. The van der Waals surface area contributed by atoms with E-state index in [0.717, 1.165) is 24.1 Å². The van der Waals surface area contributed by atoms with Gasteiger partial charge >= 0.3 is 5.97 Å². The van der Waals surface area contributed by atoms with Crippen LogP contribution in [-0.2, 0) is 17.8 Å². The average Bonchev–Trinajstić information content (AvgIpc) is 3.11. The average molecular weight is 263 g/mol. The number of aliphatic carboxylic acids is 1. The van der Waals surface area contributed by atoms with Crippen molar-refractivity contribution in [1.29, 1.82) is 0 Å². The highest BCUT2D eigenvalue weighted by Gasteiger charge is 2.41. The predicted octanol–water partition coefficient (Wildman–Crippen LogP) is 1.57. The molecule has 0 bridgehead atoms. The maximum Gasteiger partial charge on any atom is 0.307 e. The summed E-state index contributed by atoms with van der Waals surface area (Å²) in [6.07, 6.45) is 3.28. The minimum Gasteiger partial charge on any atom is -0.481 e. The fourth-order valence-corrected chi connectivity index (χ4v) is 2.46. The van der Waals surface area contributed by atoms with Gasteiger partial charge in [-0.15, -0.1) is 0 Å². The third kappa shape index (κ3) is 4.04. The van der Waals surface area contributed by atoms with E-state index in [1.807, 2.05) is 24.3 Å². The number of benzene rings is 1. The summed E-state index contributed by atoms with van der Waals surface area (Å²) in [6.45, 7) is 1.84. The number of carboxylic acids is 1. The first-order valence-electron chi connectivity index (χ1n) is 6.75. The first-order chi connectivity index (χ1) is 9.15. The standard InChI is InChI=1S/C15H21NO3/c17-8-7-15(5-6-15)11-16-10-13-4-2-1-3-12(13)9-14(18)19/h1-4,16-17H,5-11H2,(H,18,19).